The highest BCUT2D eigenvalue weighted by Crippen LogP contribution is 2.13. The van der Waals surface area contributed by atoms with Crippen molar-refractivity contribution in [2.45, 2.75) is 13.3 Å². The Balaban J connectivity index is 1.96. The van der Waals surface area contributed by atoms with E-state index in [4.69, 9.17) is 0 Å². The van der Waals surface area contributed by atoms with E-state index < -0.39 is 4.92 Å². The number of rotatable bonds is 5. The first kappa shape index (κ1) is 15.4. The average molecular weight is 296 g/mol. The molecule has 0 unspecified atom stereocenters. The van der Waals surface area contributed by atoms with Crippen LogP contribution in [-0.4, -0.2) is 10.8 Å². The van der Waals surface area contributed by atoms with Crippen LogP contribution in [0.3, 0.4) is 0 Å². The normalized spacial score (nSPS) is 10.6. The van der Waals surface area contributed by atoms with E-state index >= 15 is 0 Å². The first-order chi connectivity index (χ1) is 10.6. The van der Waals surface area contributed by atoms with Gasteiger partial charge in [0, 0.05) is 23.9 Å². The van der Waals surface area contributed by atoms with Crippen molar-refractivity contribution in [2.75, 3.05) is 5.32 Å². The molecule has 112 valence electrons. The minimum atomic E-state index is -0.458. The van der Waals surface area contributed by atoms with Gasteiger partial charge in [-0.05, 0) is 47.9 Å². The van der Waals surface area contributed by atoms with Crippen LogP contribution in [0.15, 0.2) is 54.6 Å². The second-order valence-electron chi connectivity index (χ2n) is 4.72. The smallest absolute Gasteiger partial charge is 0.269 e. The van der Waals surface area contributed by atoms with Gasteiger partial charge in [0.05, 0.1) is 4.92 Å². The Morgan fingerprint density at radius 3 is 2.32 bits per heavy atom. The fourth-order valence-corrected chi connectivity index (χ4v) is 1.89. The lowest BCUT2D eigenvalue weighted by atomic mass is 10.1. The molecule has 0 atom stereocenters. The number of hydrogen-bond donors (Lipinski definition) is 1. The van der Waals surface area contributed by atoms with Gasteiger partial charge in [0.15, 0.2) is 0 Å². The molecule has 5 nitrogen and oxygen atoms in total. The van der Waals surface area contributed by atoms with E-state index in [1.165, 1.54) is 23.8 Å². The van der Waals surface area contributed by atoms with Gasteiger partial charge < -0.3 is 5.32 Å². The topological polar surface area (TPSA) is 72.2 Å². The second-order valence-corrected chi connectivity index (χ2v) is 4.72. The van der Waals surface area contributed by atoms with E-state index in [9.17, 15) is 14.9 Å². The second kappa shape index (κ2) is 7.17. The van der Waals surface area contributed by atoms with Crippen molar-refractivity contribution < 1.29 is 9.72 Å². The minimum Gasteiger partial charge on any atom is -0.323 e. The molecule has 0 saturated carbocycles. The van der Waals surface area contributed by atoms with Crippen LogP contribution in [0.4, 0.5) is 11.4 Å². The number of aryl methyl sites for hydroxylation is 1. The molecule has 2 rings (SSSR count). The Hall–Kier alpha value is -2.95. The lowest BCUT2D eigenvalue weighted by Gasteiger charge is -2.03. The molecule has 0 spiro atoms. The Morgan fingerprint density at radius 1 is 1.14 bits per heavy atom. The van der Waals surface area contributed by atoms with E-state index in [1.807, 2.05) is 24.3 Å². The highest BCUT2D eigenvalue weighted by molar-refractivity contribution is 6.01. The summed E-state index contributed by atoms with van der Waals surface area (Å²) < 4.78 is 0. The first-order valence-electron chi connectivity index (χ1n) is 6.91. The van der Waals surface area contributed by atoms with E-state index in [0.717, 1.165) is 17.7 Å². The zero-order valence-corrected chi connectivity index (χ0v) is 12.2. The molecule has 0 aliphatic carbocycles. The Kier molecular flexibility index (Phi) is 5.03. The van der Waals surface area contributed by atoms with Crippen LogP contribution in [0.25, 0.3) is 6.08 Å². The van der Waals surface area contributed by atoms with Crippen LogP contribution in [0.2, 0.25) is 0 Å². The van der Waals surface area contributed by atoms with Crippen LogP contribution in [0.1, 0.15) is 18.1 Å². The number of benzene rings is 2. The molecule has 22 heavy (non-hydrogen) atoms. The Morgan fingerprint density at radius 2 is 1.77 bits per heavy atom. The van der Waals surface area contributed by atoms with Crippen LogP contribution >= 0.6 is 0 Å². The maximum absolute atomic E-state index is 11.8. The number of nitro groups is 1. The largest absolute Gasteiger partial charge is 0.323 e. The Bertz CT molecular complexity index is 689. The van der Waals surface area contributed by atoms with Crippen molar-refractivity contribution in [1.29, 1.82) is 0 Å². The molecular weight excluding hydrogens is 280 g/mol. The summed E-state index contributed by atoms with van der Waals surface area (Å²) in [7, 11) is 0. The van der Waals surface area contributed by atoms with E-state index in [1.54, 1.807) is 18.2 Å². The summed E-state index contributed by atoms with van der Waals surface area (Å²) >= 11 is 0. The zero-order valence-electron chi connectivity index (χ0n) is 12.2. The predicted octanol–water partition coefficient (Wildman–Crippen LogP) is 3.81. The van der Waals surface area contributed by atoms with Crippen molar-refractivity contribution in [3.8, 4) is 0 Å². The summed E-state index contributed by atoms with van der Waals surface area (Å²) in [5.41, 5.74) is 2.69. The molecule has 0 aliphatic heterocycles. The van der Waals surface area contributed by atoms with Gasteiger partial charge in [0.25, 0.3) is 5.69 Å². The molecule has 0 heterocycles. The number of nitro benzene ring substituents is 1. The van der Waals surface area contributed by atoms with Gasteiger partial charge in [-0.2, -0.15) is 0 Å². The van der Waals surface area contributed by atoms with Crippen LogP contribution in [0.5, 0.6) is 0 Å². The summed E-state index contributed by atoms with van der Waals surface area (Å²) in [4.78, 5) is 21.9. The standard InChI is InChI=1S/C17H16N2O3/c1-2-13-3-8-15(9-4-13)18-17(20)12-7-14-5-10-16(11-6-14)19(21)22/h3-12H,2H2,1H3,(H,18,20). The summed E-state index contributed by atoms with van der Waals surface area (Å²) in [6.07, 6.45) is 3.96. The number of carbonyl (C=O) groups is 1. The fourth-order valence-electron chi connectivity index (χ4n) is 1.89. The van der Waals surface area contributed by atoms with Gasteiger partial charge >= 0.3 is 0 Å². The molecule has 0 saturated heterocycles. The van der Waals surface area contributed by atoms with Crippen molar-refractivity contribution in [1.82, 2.24) is 0 Å². The lowest BCUT2D eigenvalue weighted by Crippen LogP contribution is -2.07. The number of hydrogen-bond acceptors (Lipinski definition) is 3. The number of nitrogens with zero attached hydrogens (tertiary/aromatic N) is 1. The molecule has 0 aliphatic rings. The maximum Gasteiger partial charge on any atom is 0.269 e. The first-order valence-corrected chi connectivity index (χ1v) is 6.91. The van der Waals surface area contributed by atoms with Gasteiger partial charge in [-0.15, -0.1) is 0 Å². The molecule has 0 aromatic heterocycles. The van der Waals surface area contributed by atoms with Gasteiger partial charge in [-0.1, -0.05) is 19.1 Å². The highest BCUT2D eigenvalue weighted by Gasteiger charge is 2.03. The van der Waals surface area contributed by atoms with Crippen molar-refractivity contribution in [3.63, 3.8) is 0 Å². The average Bonchev–Trinajstić information content (AvgIpc) is 2.54. The van der Waals surface area contributed by atoms with E-state index in [2.05, 4.69) is 12.2 Å². The molecule has 0 radical (unpaired) electrons. The quantitative estimate of drug-likeness (QED) is 0.518. The highest BCUT2D eigenvalue weighted by atomic mass is 16.6. The van der Waals surface area contributed by atoms with Crippen LogP contribution in [-0.2, 0) is 11.2 Å². The SMILES string of the molecule is CCc1ccc(NC(=O)C=Cc2ccc([N+](=O)[O-])cc2)cc1. The van der Waals surface area contributed by atoms with Gasteiger partial charge in [-0.25, -0.2) is 0 Å². The molecule has 0 bridgehead atoms. The molecule has 0 fully saturated rings. The number of non-ortho nitro benzene ring substituents is 1. The Labute approximate surface area is 128 Å². The van der Waals surface area contributed by atoms with Crippen LogP contribution in [0, 0.1) is 10.1 Å². The third-order valence-electron chi connectivity index (χ3n) is 3.16. The molecular formula is C17H16N2O3. The predicted molar refractivity (Wildman–Crippen MR) is 86.6 cm³/mol. The molecule has 5 heteroatoms. The van der Waals surface area contributed by atoms with E-state index in [-0.39, 0.29) is 11.6 Å². The number of nitrogens with one attached hydrogen (secondary N) is 1. The monoisotopic (exact) mass is 296 g/mol. The van der Waals surface area contributed by atoms with Crippen LogP contribution < -0.4 is 5.32 Å². The van der Waals surface area contributed by atoms with Gasteiger partial charge in [-0.3, -0.25) is 14.9 Å². The molecule has 2 aromatic carbocycles. The maximum atomic E-state index is 11.8. The van der Waals surface area contributed by atoms with Crippen molar-refractivity contribution in [3.05, 3.63) is 75.8 Å². The van der Waals surface area contributed by atoms with Crippen molar-refractivity contribution >= 4 is 23.4 Å². The third kappa shape index (κ3) is 4.28. The molecule has 1 N–H and O–H groups in total. The number of carbonyl (C=O) groups excluding carboxylic acids is 1. The summed E-state index contributed by atoms with van der Waals surface area (Å²) in [6, 6.07) is 13.6. The van der Waals surface area contributed by atoms with Gasteiger partial charge in [0.2, 0.25) is 5.91 Å². The summed E-state index contributed by atoms with van der Waals surface area (Å²) in [5, 5.41) is 13.3. The lowest BCUT2D eigenvalue weighted by molar-refractivity contribution is -0.384. The van der Waals surface area contributed by atoms with Gasteiger partial charge in [0.1, 0.15) is 0 Å². The van der Waals surface area contributed by atoms with Crippen molar-refractivity contribution in [2.24, 2.45) is 0 Å². The summed E-state index contributed by atoms with van der Waals surface area (Å²) in [5.74, 6) is -0.248. The molecule has 2 aromatic rings. The number of anilines is 1. The third-order valence-corrected chi connectivity index (χ3v) is 3.16. The number of amides is 1. The minimum absolute atomic E-state index is 0.0256. The summed E-state index contributed by atoms with van der Waals surface area (Å²) in [6.45, 7) is 2.07. The van der Waals surface area contributed by atoms with E-state index in [0.29, 0.717) is 0 Å². The zero-order chi connectivity index (χ0) is 15.9. The molecule has 1 amide bonds. The fraction of sp³-hybridized carbons (Fsp3) is 0.118.